The first kappa shape index (κ1) is 17.3. The van der Waals surface area contributed by atoms with E-state index in [1.54, 1.807) is 20.2 Å². The van der Waals surface area contributed by atoms with Crippen molar-refractivity contribution in [3.05, 3.63) is 42.9 Å². The molecular formula is C21H21N7O2. The number of anilines is 1. The zero-order valence-corrected chi connectivity index (χ0v) is 16.7. The van der Waals surface area contributed by atoms with Crippen LogP contribution in [0.25, 0.3) is 22.2 Å². The summed E-state index contributed by atoms with van der Waals surface area (Å²) < 4.78 is 9.26. The Bertz CT molecular complexity index is 1280. The summed E-state index contributed by atoms with van der Waals surface area (Å²) in [6.07, 6.45) is 5.64. The van der Waals surface area contributed by atoms with Gasteiger partial charge in [0.05, 0.1) is 12.6 Å². The van der Waals surface area contributed by atoms with Gasteiger partial charge in [0, 0.05) is 62.0 Å². The van der Waals surface area contributed by atoms with Gasteiger partial charge in [-0.1, -0.05) is 0 Å². The number of aromatic nitrogens is 5. The van der Waals surface area contributed by atoms with Crippen LogP contribution in [0.2, 0.25) is 0 Å². The maximum atomic E-state index is 11.5. The van der Waals surface area contributed by atoms with Crippen molar-refractivity contribution < 1.29 is 9.53 Å². The predicted molar refractivity (Wildman–Crippen MR) is 110 cm³/mol. The third-order valence-corrected chi connectivity index (χ3v) is 6.32. The highest BCUT2D eigenvalue weighted by molar-refractivity contribution is 5.85. The van der Waals surface area contributed by atoms with E-state index in [0.717, 1.165) is 35.2 Å². The van der Waals surface area contributed by atoms with E-state index in [1.807, 2.05) is 44.5 Å². The van der Waals surface area contributed by atoms with Crippen LogP contribution in [-0.2, 0) is 4.79 Å². The van der Waals surface area contributed by atoms with E-state index < -0.39 is 0 Å². The summed E-state index contributed by atoms with van der Waals surface area (Å²) in [4.78, 5) is 18.1. The number of nitrogens with one attached hydrogen (secondary N) is 1. The highest BCUT2D eigenvalue weighted by atomic mass is 16.5. The molecule has 2 fully saturated rings. The Hall–Kier alpha value is -3.62. The molecule has 3 atom stereocenters. The molecule has 4 aromatic heterocycles. The maximum Gasteiger partial charge on any atom is 0.244 e. The fourth-order valence-electron chi connectivity index (χ4n) is 4.66. The molecule has 1 N–H and O–H groups in total. The molecule has 1 saturated heterocycles. The lowest BCUT2D eigenvalue weighted by Gasteiger charge is -2.18. The third kappa shape index (κ3) is 2.54. The first-order valence-electron chi connectivity index (χ1n) is 10.0. The lowest BCUT2D eigenvalue weighted by Crippen LogP contribution is -2.32. The first-order valence-corrected chi connectivity index (χ1v) is 10.0. The average Bonchev–Trinajstić information content (AvgIpc) is 3.23. The van der Waals surface area contributed by atoms with Gasteiger partial charge in [-0.2, -0.15) is 10.1 Å². The van der Waals surface area contributed by atoms with Crippen molar-refractivity contribution in [1.82, 2.24) is 29.1 Å². The van der Waals surface area contributed by atoms with Crippen molar-refractivity contribution in [2.45, 2.75) is 13.0 Å². The number of nitrogens with zero attached hydrogens (tertiary/aromatic N) is 6. The largest absolute Gasteiger partial charge is 0.479 e. The van der Waals surface area contributed by atoms with Crippen LogP contribution in [0.4, 0.5) is 5.95 Å². The number of carbonyl (C=O) groups excluding carboxylic acids is 1. The van der Waals surface area contributed by atoms with Gasteiger partial charge in [0.15, 0.2) is 0 Å². The molecule has 1 aliphatic carbocycles. The second-order valence-electron chi connectivity index (χ2n) is 8.01. The van der Waals surface area contributed by atoms with Crippen LogP contribution in [0.5, 0.6) is 5.88 Å². The smallest absolute Gasteiger partial charge is 0.244 e. The monoisotopic (exact) mass is 403 g/mol. The standard InChI is InChI=1S/C21H21N7O2/c1-12(29)26-10-16-17(11-26)18(16)23-21-24-20(30-2)19-15(5-8-28(19)25-21)13-4-7-27-14(9-13)3-6-22-27/h3-9,16-18H,10-11H2,1-2H3,(H,23,25)/t16-,17+,18+. The molecule has 5 heterocycles. The third-order valence-electron chi connectivity index (χ3n) is 6.32. The summed E-state index contributed by atoms with van der Waals surface area (Å²) in [6, 6.07) is 8.40. The minimum Gasteiger partial charge on any atom is -0.479 e. The molecular weight excluding hydrogens is 382 g/mol. The minimum atomic E-state index is 0.147. The Morgan fingerprint density at radius 1 is 1.17 bits per heavy atom. The maximum absolute atomic E-state index is 11.5. The van der Waals surface area contributed by atoms with Gasteiger partial charge < -0.3 is 15.0 Å². The fourth-order valence-corrected chi connectivity index (χ4v) is 4.66. The number of rotatable bonds is 4. The Kier molecular flexibility index (Phi) is 3.56. The van der Waals surface area contributed by atoms with Gasteiger partial charge in [-0.15, -0.1) is 5.10 Å². The van der Waals surface area contributed by atoms with Crippen LogP contribution in [0, 0.1) is 11.8 Å². The van der Waals surface area contributed by atoms with E-state index >= 15 is 0 Å². The summed E-state index contributed by atoms with van der Waals surface area (Å²) in [5, 5.41) is 12.4. The second kappa shape index (κ2) is 6.19. The van der Waals surface area contributed by atoms with E-state index in [-0.39, 0.29) is 5.91 Å². The Balaban J connectivity index is 1.31. The molecule has 6 rings (SSSR count). The molecule has 0 aromatic carbocycles. The molecule has 4 aromatic rings. The number of pyridine rings is 1. The highest BCUT2D eigenvalue weighted by Gasteiger charge is 2.56. The number of hydrogen-bond donors (Lipinski definition) is 1. The topological polar surface area (TPSA) is 89.1 Å². The first-order chi connectivity index (χ1) is 14.6. The summed E-state index contributed by atoms with van der Waals surface area (Å²) in [5.74, 6) is 2.16. The van der Waals surface area contributed by atoms with Crippen LogP contribution >= 0.6 is 0 Å². The van der Waals surface area contributed by atoms with Gasteiger partial charge in [-0.05, 0) is 29.8 Å². The average molecular weight is 403 g/mol. The summed E-state index contributed by atoms with van der Waals surface area (Å²) in [6.45, 7) is 3.24. The Morgan fingerprint density at radius 2 is 1.97 bits per heavy atom. The van der Waals surface area contributed by atoms with E-state index in [2.05, 4.69) is 26.6 Å². The second-order valence-corrected chi connectivity index (χ2v) is 8.01. The van der Waals surface area contributed by atoms with Crippen molar-refractivity contribution in [1.29, 1.82) is 0 Å². The minimum absolute atomic E-state index is 0.147. The van der Waals surface area contributed by atoms with Crippen LogP contribution in [0.1, 0.15) is 6.92 Å². The van der Waals surface area contributed by atoms with Gasteiger partial charge in [-0.25, -0.2) is 9.03 Å². The van der Waals surface area contributed by atoms with Crippen molar-refractivity contribution in [2.75, 3.05) is 25.5 Å². The van der Waals surface area contributed by atoms with E-state index in [9.17, 15) is 4.79 Å². The van der Waals surface area contributed by atoms with Crippen molar-refractivity contribution in [2.24, 2.45) is 11.8 Å². The fraction of sp³-hybridized carbons (Fsp3) is 0.333. The number of carbonyl (C=O) groups is 1. The highest BCUT2D eigenvalue weighted by Crippen LogP contribution is 2.47. The Morgan fingerprint density at radius 3 is 2.73 bits per heavy atom. The van der Waals surface area contributed by atoms with Crippen LogP contribution in [0.3, 0.4) is 0 Å². The Labute approximate surface area is 172 Å². The van der Waals surface area contributed by atoms with Crippen LogP contribution in [0.15, 0.2) is 42.9 Å². The van der Waals surface area contributed by atoms with Crippen molar-refractivity contribution in [3.63, 3.8) is 0 Å². The lowest BCUT2D eigenvalue weighted by molar-refractivity contribution is -0.128. The zero-order valence-electron chi connectivity index (χ0n) is 16.7. The summed E-state index contributed by atoms with van der Waals surface area (Å²) in [7, 11) is 1.62. The predicted octanol–water partition coefficient (Wildman–Crippen LogP) is 1.94. The zero-order chi connectivity index (χ0) is 20.4. The molecule has 1 saturated carbocycles. The molecule has 1 aliphatic heterocycles. The molecule has 0 radical (unpaired) electrons. The van der Waals surface area contributed by atoms with E-state index in [0.29, 0.717) is 29.7 Å². The number of hydrogen-bond acceptors (Lipinski definition) is 6. The van der Waals surface area contributed by atoms with Gasteiger partial charge in [0.25, 0.3) is 0 Å². The van der Waals surface area contributed by atoms with E-state index in [1.165, 1.54) is 0 Å². The number of likely N-dealkylation sites (tertiary alicyclic amines) is 1. The molecule has 0 bridgehead atoms. The molecule has 9 nitrogen and oxygen atoms in total. The van der Waals surface area contributed by atoms with Crippen LogP contribution in [-0.4, -0.2) is 61.3 Å². The van der Waals surface area contributed by atoms with Gasteiger partial charge in [0.2, 0.25) is 17.7 Å². The molecule has 2 aliphatic rings. The van der Waals surface area contributed by atoms with Gasteiger partial charge >= 0.3 is 0 Å². The number of piperidine rings is 1. The quantitative estimate of drug-likeness (QED) is 0.560. The normalized spacial score (nSPS) is 22.5. The van der Waals surface area contributed by atoms with Crippen molar-refractivity contribution in [3.8, 4) is 17.0 Å². The summed E-state index contributed by atoms with van der Waals surface area (Å²) in [5.41, 5.74) is 3.90. The molecule has 0 spiro atoms. The molecule has 30 heavy (non-hydrogen) atoms. The molecule has 152 valence electrons. The van der Waals surface area contributed by atoms with E-state index in [4.69, 9.17) is 4.74 Å². The molecule has 0 unspecified atom stereocenters. The number of fused-ring (bicyclic) bond motifs is 3. The SMILES string of the molecule is COc1nc(N[C@H]2[C@@H]3CN(C(C)=O)C[C@@H]32)nn2ccc(-c3ccn4nccc4c3)c12. The number of ether oxygens (including phenoxy) is 1. The molecule has 9 heteroatoms. The lowest BCUT2D eigenvalue weighted by atomic mass is 10.1. The summed E-state index contributed by atoms with van der Waals surface area (Å²) >= 11 is 0. The number of amides is 1. The van der Waals surface area contributed by atoms with Crippen molar-refractivity contribution >= 4 is 22.9 Å². The molecule has 1 amide bonds. The van der Waals surface area contributed by atoms with Crippen LogP contribution < -0.4 is 10.1 Å². The number of methoxy groups -OCH3 is 1. The van der Waals surface area contributed by atoms with Gasteiger partial charge in [-0.3, -0.25) is 4.79 Å². The van der Waals surface area contributed by atoms with Gasteiger partial charge in [0.1, 0.15) is 5.52 Å².